The van der Waals surface area contributed by atoms with Gasteiger partial charge >= 0.3 is 11.9 Å². The molecule has 0 aromatic rings. The maximum absolute atomic E-state index is 10.6. The van der Waals surface area contributed by atoms with Crippen molar-refractivity contribution in [2.24, 2.45) is 11.3 Å². The Morgan fingerprint density at radius 1 is 1.00 bits per heavy atom. The molecule has 6 nitrogen and oxygen atoms in total. The van der Waals surface area contributed by atoms with Gasteiger partial charge in [-0.25, -0.2) is 9.59 Å². The highest BCUT2D eigenvalue weighted by molar-refractivity contribution is 6.34. The quantitative estimate of drug-likeness (QED) is 0.739. The van der Waals surface area contributed by atoms with Crippen LogP contribution < -0.4 is 0 Å². The SMILES string of the molecule is CC(C)(C)C(=O)C(=O)O.CCC(C)C(=O)C(=O)O. The summed E-state index contributed by atoms with van der Waals surface area (Å²) in [4.78, 5) is 41.0. The zero-order valence-electron chi connectivity index (χ0n) is 11.3. The van der Waals surface area contributed by atoms with E-state index in [1.807, 2.05) is 0 Å². The van der Waals surface area contributed by atoms with Crippen LogP contribution in [0.4, 0.5) is 0 Å². The summed E-state index contributed by atoms with van der Waals surface area (Å²) in [5.74, 6) is -4.48. The molecule has 18 heavy (non-hydrogen) atoms. The highest BCUT2D eigenvalue weighted by atomic mass is 16.4. The van der Waals surface area contributed by atoms with Gasteiger partial charge in [0.25, 0.3) is 0 Å². The smallest absolute Gasteiger partial charge is 0.372 e. The molecule has 0 aliphatic carbocycles. The molecule has 0 heterocycles. The van der Waals surface area contributed by atoms with Gasteiger partial charge in [0.2, 0.25) is 11.6 Å². The molecule has 0 aromatic heterocycles. The summed E-state index contributed by atoms with van der Waals surface area (Å²) in [5, 5.41) is 16.3. The topological polar surface area (TPSA) is 109 Å². The Hall–Kier alpha value is -1.72. The number of carbonyl (C=O) groups excluding carboxylic acids is 2. The molecule has 0 saturated heterocycles. The van der Waals surface area contributed by atoms with Crippen molar-refractivity contribution in [3.63, 3.8) is 0 Å². The number of carboxylic acids is 2. The third-order valence-electron chi connectivity index (χ3n) is 2.15. The molecule has 0 radical (unpaired) electrons. The van der Waals surface area contributed by atoms with E-state index < -0.39 is 28.9 Å². The number of rotatable bonds is 4. The Morgan fingerprint density at radius 3 is 1.44 bits per heavy atom. The van der Waals surface area contributed by atoms with E-state index in [1.165, 1.54) is 0 Å². The van der Waals surface area contributed by atoms with Crippen molar-refractivity contribution in [2.75, 3.05) is 0 Å². The number of aliphatic carboxylic acids is 2. The first-order chi connectivity index (χ1) is 7.95. The summed E-state index contributed by atoms with van der Waals surface area (Å²) in [6, 6.07) is 0. The largest absolute Gasteiger partial charge is 0.475 e. The summed E-state index contributed by atoms with van der Waals surface area (Å²) < 4.78 is 0. The third kappa shape index (κ3) is 7.54. The number of carboxylic acid groups (broad SMARTS) is 2. The second kappa shape index (κ2) is 7.58. The molecule has 0 fully saturated rings. The number of hydrogen-bond acceptors (Lipinski definition) is 4. The van der Waals surface area contributed by atoms with Gasteiger partial charge in [0, 0.05) is 11.3 Å². The highest BCUT2D eigenvalue weighted by Gasteiger charge is 2.27. The molecule has 0 saturated carbocycles. The molecule has 2 N–H and O–H groups in total. The maximum atomic E-state index is 10.6. The molecular weight excluding hydrogens is 240 g/mol. The number of carbonyl (C=O) groups is 4. The molecule has 0 spiro atoms. The van der Waals surface area contributed by atoms with Crippen molar-refractivity contribution in [1.29, 1.82) is 0 Å². The summed E-state index contributed by atoms with van der Waals surface area (Å²) in [7, 11) is 0. The highest BCUT2D eigenvalue weighted by Crippen LogP contribution is 2.13. The Labute approximate surface area is 106 Å². The van der Waals surface area contributed by atoms with Crippen molar-refractivity contribution in [3.05, 3.63) is 0 Å². The maximum Gasteiger partial charge on any atom is 0.372 e. The third-order valence-corrected chi connectivity index (χ3v) is 2.15. The first-order valence-electron chi connectivity index (χ1n) is 5.50. The van der Waals surface area contributed by atoms with Crippen molar-refractivity contribution >= 4 is 23.5 Å². The van der Waals surface area contributed by atoms with Crippen LogP contribution in [0.1, 0.15) is 41.0 Å². The van der Waals surface area contributed by atoms with Crippen LogP contribution >= 0.6 is 0 Å². The van der Waals surface area contributed by atoms with Gasteiger partial charge in [0.15, 0.2) is 0 Å². The van der Waals surface area contributed by atoms with Crippen molar-refractivity contribution in [2.45, 2.75) is 41.0 Å². The molecule has 0 rings (SSSR count). The van der Waals surface area contributed by atoms with Gasteiger partial charge in [-0.3, -0.25) is 9.59 Å². The lowest BCUT2D eigenvalue weighted by Gasteiger charge is -2.11. The molecule has 1 unspecified atom stereocenters. The molecule has 1 atom stereocenters. The van der Waals surface area contributed by atoms with Crippen LogP contribution in [0.15, 0.2) is 0 Å². The predicted molar refractivity (Wildman–Crippen MR) is 64.2 cm³/mol. The lowest BCUT2D eigenvalue weighted by Crippen LogP contribution is -2.27. The molecule has 0 aliphatic rings. The fourth-order valence-corrected chi connectivity index (χ4v) is 0.717. The van der Waals surface area contributed by atoms with E-state index in [9.17, 15) is 19.2 Å². The molecule has 6 heteroatoms. The average Bonchev–Trinajstić information content (AvgIpc) is 2.25. The molecule has 0 amide bonds. The average molecular weight is 260 g/mol. The fourth-order valence-electron chi connectivity index (χ4n) is 0.717. The Kier molecular flexibility index (Phi) is 7.85. The van der Waals surface area contributed by atoms with Crippen LogP contribution in [0.5, 0.6) is 0 Å². The molecule has 104 valence electrons. The summed E-state index contributed by atoms with van der Waals surface area (Å²) in [5.41, 5.74) is -0.758. The van der Waals surface area contributed by atoms with Gasteiger partial charge in [-0.2, -0.15) is 0 Å². The summed E-state index contributed by atoms with van der Waals surface area (Å²) in [6.45, 7) is 8.11. The summed E-state index contributed by atoms with van der Waals surface area (Å²) >= 11 is 0. The number of hydrogen-bond donors (Lipinski definition) is 2. The second-order valence-electron chi connectivity index (χ2n) is 4.86. The first kappa shape index (κ1) is 18.6. The zero-order valence-corrected chi connectivity index (χ0v) is 11.3. The van der Waals surface area contributed by atoms with E-state index in [4.69, 9.17) is 10.2 Å². The van der Waals surface area contributed by atoms with E-state index in [1.54, 1.807) is 34.6 Å². The molecular formula is C12H20O6. The minimum atomic E-state index is -1.36. The van der Waals surface area contributed by atoms with Gasteiger partial charge < -0.3 is 10.2 Å². The van der Waals surface area contributed by atoms with E-state index in [0.29, 0.717) is 6.42 Å². The van der Waals surface area contributed by atoms with E-state index >= 15 is 0 Å². The van der Waals surface area contributed by atoms with Gasteiger partial charge in [-0.1, -0.05) is 34.6 Å². The van der Waals surface area contributed by atoms with Crippen LogP contribution in [0.2, 0.25) is 0 Å². The van der Waals surface area contributed by atoms with Crippen molar-refractivity contribution in [3.8, 4) is 0 Å². The van der Waals surface area contributed by atoms with Crippen LogP contribution in [0, 0.1) is 11.3 Å². The Morgan fingerprint density at radius 2 is 1.39 bits per heavy atom. The van der Waals surface area contributed by atoms with Crippen LogP contribution in [-0.4, -0.2) is 33.7 Å². The van der Waals surface area contributed by atoms with Gasteiger partial charge in [0.1, 0.15) is 0 Å². The van der Waals surface area contributed by atoms with Crippen LogP contribution in [-0.2, 0) is 19.2 Å². The van der Waals surface area contributed by atoms with Crippen LogP contribution in [0.25, 0.3) is 0 Å². The predicted octanol–water partition coefficient (Wildman–Crippen LogP) is 1.37. The lowest BCUT2D eigenvalue weighted by atomic mass is 9.91. The summed E-state index contributed by atoms with van der Waals surface area (Å²) in [6.07, 6.45) is 0.588. The standard InChI is InChI=1S/2C6H10O3/c1-6(2,3)4(7)5(8)9;1-3-4(2)5(7)6(8)9/h1-3H3,(H,8,9);4H,3H2,1-2H3,(H,8,9). The van der Waals surface area contributed by atoms with Gasteiger partial charge in [-0.15, -0.1) is 0 Å². The van der Waals surface area contributed by atoms with E-state index in [2.05, 4.69) is 0 Å². The Bertz CT molecular complexity index is 337. The number of Topliss-reactive ketones (excluding diaryl/α,β-unsaturated/α-hetero) is 2. The fraction of sp³-hybridized carbons (Fsp3) is 0.667. The normalized spacial score (nSPS) is 11.8. The second-order valence-corrected chi connectivity index (χ2v) is 4.86. The van der Waals surface area contributed by atoms with Gasteiger partial charge in [0.05, 0.1) is 0 Å². The minimum Gasteiger partial charge on any atom is -0.475 e. The Balaban J connectivity index is 0. The van der Waals surface area contributed by atoms with Gasteiger partial charge in [-0.05, 0) is 6.42 Å². The number of ketones is 2. The van der Waals surface area contributed by atoms with E-state index in [0.717, 1.165) is 0 Å². The zero-order chi connectivity index (χ0) is 15.1. The minimum absolute atomic E-state index is 0.345. The molecule has 0 bridgehead atoms. The van der Waals surface area contributed by atoms with Crippen molar-refractivity contribution < 1.29 is 29.4 Å². The molecule has 0 aromatic carbocycles. The first-order valence-corrected chi connectivity index (χ1v) is 5.50. The van der Waals surface area contributed by atoms with E-state index in [-0.39, 0.29) is 5.92 Å². The lowest BCUT2D eigenvalue weighted by molar-refractivity contribution is -0.152. The monoisotopic (exact) mass is 260 g/mol. The molecule has 0 aliphatic heterocycles. The van der Waals surface area contributed by atoms with Crippen LogP contribution in [0.3, 0.4) is 0 Å². The van der Waals surface area contributed by atoms with Crippen molar-refractivity contribution in [1.82, 2.24) is 0 Å².